The van der Waals surface area contributed by atoms with Gasteiger partial charge in [-0.1, -0.05) is 41.1 Å². The van der Waals surface area contributed by atoms with E-state index in [-0.39, 0.29) is 0 Å². The molecule has 0 aliphatic rings. The van der Waals surface area contributed by atoms with Crippen LogP contribution in [-0.2, 0) is 6.54 Å². The zero-order valence-corrected chi connectivity index (χ0v) is 14.9. The van der Waals surface area contributed by atoms with Crippen molar-refractivity contribution in [1.82, 2.24) is 24.9 Å². The highest BCUT2D eigenvalue weighted by Crippen LogP contribution is 2.22. The molecular formula is C20H16N6O. The summed E-state index contributed by atoms with van der Waals surface area (Å²) >= 11 is 0. The van der Waals surface area contributed by atoms with Crippen LogP contribution in [0.2, 0.25) is 0 Å². The summed E-state index contributed by atoms with van der Waals surface area (Å²) in [5.41, 5.74) is 5.01. The Labute approximate surface area is 155 Å². The molecule has 0 unspecified atom stereocenters. The monoisotopic (exact) mass is 356 g/mol. The summed E-state index contributed by atoms with van der Waals surface area (Å²) in [4.78, 5) is 8.55. The van der Waals surface area contributed by atoms with Gasteiger partial charge in [0.25, 0.3) is 5.89 Å². The molecule has 27 heavy (non-hydrogen) atoms. The van der Waals surface area contributed by atoms with Crippen LogP contribution in [0.1, 0.15) is 22.5 Å². The average Bonchev–Trinajstić information content (AvgIpc) is 3.30. The number of pyridine rings is 1. The number of nitrogens with zero attached hydrogens (tertiary/aromatic N) is 6. The lowest BCUT2D eigenvalue weighted by molar-refractivity contribution is 0.430. The molecule has 0 saturated heterocycles. The van der Waals surface area contributed by atoms with E-state index in [1.807, 2.05) is 61.0 Å². The first-order valence-electron chi connectivity index (χ1n) is 8.43. The van der Waals surface area contributed by atoms with Crippen LogP contribution in [0.5, 0.6) is 0 Å². The molecule has 3 aromatic heterocycles. The fourth-order valence-electron chi connectivity index (χ4n) is 2.68. The van der Waals surface area contributed by atoms with E-state index in [0.29, 0.717) is 29.6 Å². The van der Waals surface area contributed by atoms with Crippen molar-refractivity contribution in [1.29, 1.82) is 5.26 Å². The van der Waals surface area contributed by atoms with E-state index in [1.54, 1.807) is 12.3 Å². The summed E-state index contributed by atoms with van der Waals surface area (Å²) < 4.78 is 7.24. The van der Waals surface area contributed by atoms with Crippen molar-refractivity contribution in [2.45, 2.75) is 20.4 Å². The van der Waals surface area contributed by atoms with Crippen molar-refractivity contribution in [3.05, 3.63) is 71.2 Å². The second kappa shape index (κ2) is 6.84. The summed E-state index contributed by atoms with van der Waals surface area (Å²) in [5, 5.41) is 17.5. The first-order chi connectivity index (χ1) is 13.1. The van der Waals surface area contributed by atoms with Crippen molar-refractivity contribution in [2.24, 2.45) is 0 Å². The summed E-state index contributed by atoms with van der Waals surface area (Å²) in [5.74, 6) is 0.916. The molecule has 0 atom stereocenters. The van der Waals surface area contributed by atoms with E-state index in [9.17, 15) is 0 Å². The third-order valence-corrected chi connectivity index (χ3v) is 4.21. The molecule has 0 aliphatic carbocycles. The number of nitriles is 1. The van der Waals surface area contributed by atoms with Crippen LogP contribution in [0, 0.1) is 25.2 Å². The number of aromatic nitrogens is 5. The van der Waals surface area contributed by atoms with Crippen LogP contribution in [-0.4, -0.2) is 24.9 Å². The van der Waals surface area contributed by atoms with E-state index in [2.05, 4.69) is 20.2 Å². The molecule has 4 rings (SSSR count). The quantitative estimate of drug-likeness (QED) is 0.555. The molecule has 132 valence electrons. The second-order valence-electron chi connectivity index (χ2n) is 6.28. The van der Waals surface area contributed by atoms with Gasteiger partial charge in [0.2, 0.25) is 5.82 Å². The van der Waals surface area contributed by atoms with Crippen molar-refractivity contribution < 1.29 is 4.52 Å². The average molecular weight is 356 g/mol. The number of hydrogen-bond acceptors (Lipinski definition) is 6. The molecule has 1 aromatic carbocycles. The van der Waals surface area contributed by atoms with Crippen molar-refractivity contribution >= 4 is 0 Å². The maximum absolute atomic E-state index is 8.84. The third kappa shape index (κ3) is 3.46. The fraction of sp³-hybridized carbons (Fsp3) is 0.150. The maximum Gasteiger partial charge on any atom is 0.278 e. The van der Waals surface area contributed by atoms with Gasteiger partial charge < -0.3 is 4.52 Å². The number of hydrogen-bond donors (Lipinski definition) is 0. The molecule has 0 bridgehead atoms. The molecule has 0 saturated carbocycles. The Bertz CT molecular complexity index is 1120. The Morgan fingerprint density at radius 1 is 1.11 bits per heavy atom. The van der Waals surface area contributed by atoms with Gasteiger partial charge in [-0.2, -0.15) is 15.3 Å². The van der Waals surface area contributed by atoms with Gasteiger partial charge >= 0.3 is 0 Å². The smallest absolute Gasteiger partial charge is 0.278 e. The number of aryl methyl sites for hydroxylation is 2. The standard InChI is InChI=1S/C20H16N6O/c1-13-3-6-16(7-4-13)19-23-20(27-25-19)18-9-14(2)26(24-18)12-15-5-8-17(10-21)22-11-15/h3-9,11H,12H2,1-2H3. The minimum Gasteiger partial charge on any atom is -0.332 e. The van der Waals surface area contributed by atoms with Crippen LogP contribution in [0.3, 0.4) is 0 Å². The SMILES string of the molecule is Cc1ccc(-c2noc(-c3cc(C)n(Cc4ccc(C#N)nc4)n3)n2)cc1. The lowest BCUT2D eigenvalue weighted by Gasteiger charge is -2.03. The summed E-state index contributed by atoms with van der Waals surface area (Å²) in [6.45, 7) is 4.54. The summed E-state index contributed by atoms with van der Waals surface area (Å²) in [6.07, 6.45) is 1.68. The molecule has 3 heterocycles. The topological polar surface area (TPSA) is 93.4 Å². The summed E-state index contributed by atoms with van der Waals surface area (Å²) in [7, 11) is 0. The molecule has 0 N–H and O–H groups in total. The van der Waals surface area contributed by atoms with Gasteiger partial charge in [-0.3, -0.25) is 4.68 Å². The van der Waals surface area contributed by atoms with Crippen LogP contribution in [0.25, 0.3) is 23.0 Å². The fourth-order valence-corrected chi connectivity index (χ4v) is 2.68. The van der Waals surface area contributed by atoms with Crippen LogP contribution >= 0.6 is 0 Å². The van der Waals surface area contributed by atoms with Gasteiger partial charge in [0.05, 0.1) is 6.54 Å². The molecule has 0 radical (unpaired) electrons. The van der Waals surface area contributed by atoms with Gasteiger partial charge in [0, 0.05) is 17.5 Å². The Kier molecular flexibility index (Phi) is 4.22. The molecule has 0 spiro atoms. The zero-order chi connectivity index (χ0) is 18.8. The van der Waals surface area contributed by atoms with Gasteiger partial charge in [-0.05, 0) is 31.5 Å². The predicted octanol–water partition coefficient (Wildman–Crippen LogP) is 3.53. The van der Waals surface area contributed by atoms with Crippen LogP contribution in [0.15, 0.2) is 53.2 Å². The minimum absolute atomic E-state index is 0.380. The van der Waals surface area contributed by atoms with Gasteiger partial charge in [-0.15, -0.1) is 0 Å². The highest BCUT2D eigenvalue weighted by molar-refractivity contribution is 5.58. The second-order valence-corrected chi connectivity index (χ2v) is 6.28. The number of rotatable bonds is 4. The van der Waals surface area contributed by atoms with Gasteiger partial charge in [-0.25, -0.2) is 4.98 Å². The molecule has 0 aliphatic heterocycles. The van der Waals surface area contributed by atoms with E-state index in [1.165, 1.54) is 5.56 Å². The van der Waals surface area contributed by atoms with Crippen molar-refractivity contribution in [2.75, 3.05) is 0 Å². The van der Waals surface area contributed by atoms with E-state index < -0.39 is 0 Å². The van der Waals surface area contributed by atoms with E-state index in [0.717, 1.165) is 16.8 Å². The Hall–Kier alpha value is -3.79. The van der Waals surface area contributed by atoms with Crippen molar-refractivity contribution in [3.8, 4) is 29.0 Å². The third-order valence-electron chi connectivity index (χ3n) is 4.21. The normalized spacial score (nSPS) is 10.7. The number of benzene rings is 1. The lowest BCUT2D eigenvalue weighted by atomic mass is 10.1. The molecule has 7 nitrogen and oxygen atoms in total. The minimum atomic E-state index is 0.380. The Balaban J connectivity index is 1.57. The first-order valence-corrected chi connectivity index (χ1v) is 8.43. The molecule has 4 aromatic rings. The van der Waals surface area contributed by atoms with Crippen LogP contribution in [0.4, 0.5) is 0 Å². The van der Waals surface area contributed by atoms with E-state index >= 15 is 0 Å². The largest absolute Gasteiger partial charge is 0.332 e. The van der Waals surface area contributed by atoms with Crippen LogP contribution < -0.4 is 0 Å². The zero-order valence-electron chi connectivity index (χ0n) is 14.9. The lowest BCUT2D eigenvalue weighted by Crippen LogP contribution is -2.04. The maximum atomic E-state index is 8.84. The van der Waals surface area contributed by atoms with E-state index in [4.69, 9.17) is 9.78 Å². The molecule has 7 heteroatoms. The highest BCUT2D eigenvalue weighted by atomic mass is 16.5. The van der Waals surface area contributed by atoms with Gasteiger partial charge in [0.1, 0.15) is 11.8 Å². The molecule has 0 amide bonds. The predicted molar refractivity (Wildman–Crippen MR) is 98.5 cm³/mol. The van der Waals surface area contributed by atoms with Gasteiger partial charge in [0.15, 0.2) is 5.69 Å². The Morgan fingerprint density at radius 3 is 2.63 bits per heavy atom. The molecule has 0 fully saturated rings. The highest BCUT2D eigenvalue weighted by Gasteiger charge is 2.15. The van der Waals surface area contributed by atoms with Crippen molar-refractivity contribution in [3.63, 3.8) is 0 Å². The Morgan fingerprint density at radius 2 is 1.93 bits per heavy atom. The molecular weight excluding hydrogens is 340 g/mol. The summed E-state index contributed by atoms with van der Waals surface area (Å²) in [6, 6.07) is 15.4. The first kappa shape index (κ1) is 16.7.